The highest BCUT2D eigenvalue weighted by Gasteiger charge is 2.45. The van der Waals surface area contributed by atoms with E-state index in [4.69, 9.17) is 0 Å². The van der Waals surface area contributed by atoms with Crippen LogP contribution in [0.3, 0.4) is 0 Å². The van der Waals surface area contributed by atoms with Crippen molar-refractivity contribution in [3.05, 3.63) is 41.9 Å². The Morgan fingerprint density at radius 1 is 1.14 bits per heavy atom. The van der Waals surface area contributed by atoms with Crippen molar-refractivity contribution in [2.45, 2.75) is 40.5 Å². The molecule has 0 aliphatic heterocycles. The van der Waals surface area contributed by atoms with Gasteiger partial charge in [0.1, 0.15) is 0 Å². The lowest BCUT2D eigenvalue weighted by molar-refractivity contribution is 0.0627. The molecular weight excluding hydrogens is 274 g/mol. The van der Waals surface area contributed by atoms with Crippen molar-refractivity contribution in [3.63, 3.8) is 0 Å². The van der Waals surface area contributed by atoms with Gasteiger partial charge in [-0.1, -0.05) is 33.8 Å². The minimum Gasteiger partial charge on any atom is -0.294 e. The van der Waals surface area contributed by atoms with Crippen molar-refractivity contribution in [1.82, 2.24) is 14.8 Å². The number of carbonyl (C=O) groups is 1. The molecule has 2 aromatic heterocycles. The Balaban J connectivity index is 2.12. The molecule has 4 nitrogen and oxygen atoms in total. The number of ketones is 1. The molecule has 0 fully saturated rings. The normalized spacial score (nSPS) is 17.1. The Bertz CT molecular complexity index is 678. The summed E-state index contributed by atoms with van der Waals surface area (Å²) in [5.74, 6) is 1.87. The summed E-state index contributed by atoms with van der Waals surface area (Å²) in [6.45, 7) is 8.89. The van der Waals surface area contributed by atoms with Gasteiger partial charge in [0, 0.05) is 12.6 Å². The fraction of sp³-hybridized carbons (Fsp3) is 0.500. The summed E-state index contributed by atoms with van der Waals surface area (Å²) < 4.78 is 1.84. The zero-order chi connectivity index (χ0) is 15.9. The number of aromatic nitrogens is 3. The fourth-order valence-electron chi connectivity index (χ4n) is 3.70. The highest BCUT2D eigenvalue weighted by Crippen LogP contribution is 2.47. The van der Waals surface area contributed by atoms with E-state index in [-0.39, 0.29) is 11.2 Å². The molecule has 0 radical (unpaired) electrons. The van der Waals surface area contributed by atoms with Crippen molar-refractivity contribution in [2.24, 2.45) is 17.3 Å². The van der Waals surface area contributed by atoms with Crippen LogP contribution in [0, 0.1) is 17.3 Å². The minimum absolute atomic E-state index is 0.00333. The lowest BCUT2D eigenvalue weighted by Gasteiger charge is -2.43. The van der Waals surface area contributed by atoms with Gasteiger partial charge in [0.2, 0.25) is 0 Å². The number of pyridine rings is 1. The predicted molar refractivity (Wildman–Crippen MR) is 86.1 cm³/mol. The molecule has 22 heavy (non-hydrogen) atoms. The van der Waals surface area contributed by atoms with Crippen LogP contribution in [-0.2, 0) is 6.42 Å². The first-order chi connectivity index (χ1) is 10.5. The van der Waals surface area contributed by atoms with Gasteiger partial charge in [-0.05, 0) is 35.8 Å². The van der Waals surface area contributed by atoms with E-state index in [1.54, 1.807) is 12.4 Å². The first-order valence-electron chi connectivity index (χ1n) is 7.97. The van der Waals surface area contributed by atoms with Gasteiger partial charge in [0.05, 0.1) is 17.5 Å². The van der Waals surface area contributed by atoms with Crippen LogP contribution < -0.4 is 0 Å². The molecule has 0 bridgehead atoms. The van der Waals surface area contributed by atoms with Crippen molar-refractivity contribution >= 4 is 5.78 Å². The number of fused-ring (bicyclic) bond motifs is 1. The zero-order valence-corrected chi connectivity index (χ0v) is 13.7. The van der Waals surface area contributed by atoms with Gasteiger partial charge in [-0.25, -0.2) is 9.67 Å². The first-order valence-corrected chi connectivity index (χ1v) is 7.97. The van der Waals surface area contributed by atoms with Crippen LogP contribution in [-0.4, -0.2) is 20.5 Å². The summed E-state index contributed by atoms with van der Waals surface area (Å²) >= 11 is 0. The van der Waals surface area contributed by atoms with Gasteiger partial charge in [-0.15, -0.1) is 0 Å². The van der Waals surface area contributed by atoms with E-state index in [0.717, 1.165) is 23.5 Å². The first kappa shape index (κ1) is 14.9. The topological polar surface area (TPSA) is 47.8 Å². The van der Waals surface area contributed by atoms with E-state index in [0.29, 0.717) is 18.3 Å². The third-order valence-corrected chi connectivity index (χ3v) is 5.32. The molecule has 3 rings (SSSR count). The Hall–Kier alpha value is -1.97. The van der Waals surface area contributed by atoms with Crippen LogP contribution in [0.5, 0.6) is 0 Å². The minimum atomic E-state index is -0.00333. The van der Waals surface area contributed by atoms with E-state index in [1.807, 2.05) is 22.9 Å². The van der Waals surface area contributed by atoms with Crippen LogP contribution in [0.2, 0.25) is 0 Å². The molecule has 0 unspecified atom stereocenters. The summed E-state index contributed by atoms with van der Waals surface area (Å²) in [7, 11) is 0. The molecule has 0 spiro atoms. The van der Waals surface area contributed by atoms with Crippen LogP contribution in [0.4, 0.5) is 0 Å². The molecule has 2 aromatic rings. The van der Waals surface area contributed by atoms with Gasteiger partial charge in [0.15, 0.2) is 11.6 Å². The largest absolute Gasteiger partial charge is 0.294 e. The number of nitrogens with zero attached hydrogens (tertiary/aromatic N) is 3. The zero-order valence-electron chi connectivity index (χ0n) is 13.7. The van der Waals surface area contributed by atoms with E-state index in [1.165, 1.54) is 0 Å². The van der Waals surface area contributed by atoms with E-state index < -0.39 is 0 Å². The van der Waals surface area contributed by atoms with Gasteiger partial charge >= 0.3 is 0 Å². The summed E-state index contributed by atoms with van der Waals surface area (Å²) in [6.07, 6.45) is 4.95. The summed E-state index contributed by atoms with van der Waals surface area (Å²) in [5.41, 5.74) is 1.77. The molecule has 0 amide bonds. The molecule has 4 heteroatoms. The maximum atomic E-state index is 12.7. The van der Waals surface area contributed by atoms with E-state index in [9.17, 15) is 4.79 Å². The highest BCUT2D eigenvalue weighted by atomic mass is 16.1. The van der Waals surface area contributed by atoms with Crippen LogP contribution >= 0.6 is 0 Å². The number of hydrogen-bond acceptors (Lipinski definition) is 3. The summed E-state index contributed by atoms with van der Waals surface area (Å²) in [4.78, 5) is 17.1. The van der Waals surface area contributed by atoms with Crippen molar-refractivity contribution in [1.29, 1.82) is 0 Å². The number of hydrogen-bond donors (Lipinski definition) is 0. The third-order valence-electron chi connectivity index (χ3n) is 5.32. The molecule has 0 aromatic carbocycles. The Kier molecular flexibility index (Phi) is 3.63. The smallest absolute Gasteiger partial charge is 0.166 e. The van der Waals surface area contributed by atoms with Crippen molar-refractivity contribution in [2.75, 3.05) is 0 Å². The average molecular weight is 297 g/mol. The highest BCUT2D eigenvalue weighted by molar-refractivity contribution is 5.98. The lowest BCUT2D eigenvalue weighted by Crippen LogP contribution is -2.41. The predicted octanol–water partition coefficient (Wildman–Crippen LogP) is 3.69. The summed E-state index contributed by atoms with van der Waals surface area (Å²) in [5, 5.41) is 4.44. The van der Waals surface area contributed by atoms with Crippen molar-refractivity contribution in [3.8, 4) is 5.82 Å². The SMILES string of the molecule is CC(C)C1(C(C)C)CC(=O)c2cnn(-c3ccccn3)c2C1. The molecule has 1 aliphatic carbocycles. The molecule has 0 saturated heterocycles. The standard InChI is InChI=1S/C18H23N3O/c1-12(2)18(13(3)4)9-15-14(16(22)10-18)11-20-21(15)17-7-5-6-8-19-17/h5-8,11-13H,9-10H2,1-4H3. The molecule has 0 N–H and O–H groups in total. The molecular formula is C18H23N3O. The number of carbonyl (C=O) groups excluding carboxylic acids is 1. The number of Topliss-reactive ketones (excluding diaryl/α,β-unsaturated/α-hetero) is 1. The Morgan fingerprint density at radius 3 is 2.45 bits per heavy atom. The van der Waals surface area contributed by atoms with Crippen LogP contribution in [0.1, 0.15) is 50.2 Å². The van der Waals surface area contributed by atoms with Gasteiger partial charge in [-0.3, -0.25) is 4.79 Å². The molecule has 116 valence electrons. The van der Waals surface area contributed by atoms with E-state index in [2.05, 4.69) is 37.8 Å². The Morgan fingerprint density at radius 2 is 1.86 bits per heavy atom. The lowest BCUT2D eigenvalue weighted by atomic mass is 9.60. The van der Waals surface area contributed by atoms with Gasteiger partial charge < -0.3 is 0 Å². The van der Waals surface area contributed by atoms with Gasteiger partial charge in [-0.2, -0.15) is 5.10 Å². The fourth-order valence-corrected chi connectivity index (χ4v) is 3.70. The molecule has 0 saturated carbocycles. The van der Waals surface area contributed by atoms with Crippen LogP contribution in [0.15, 0.2) is 30.6 Å². The molecule has 2 heterocycles. The van der Waals surface area contributed by atoms with E-state index >= 15 is 0 Å². The second-order valence-electron chi connectivity index (χ2n) is 6.92. The second kappa shape index (κ2) is 5.34. The van der Waals surface area contributed by atoms with Gasteiger partial charge in [0.25, 0.3) is 0 Å². The second-order valence-corrected chi connectivity index (χ2v) is 6.92. The average Bonchev–Trinajstić information content (AvgIpc) is 2.91. The maximum absolute atomic E-state index is 12.7. The maximum Gasteiger partial charge on any atom is 0.166 e. The molecule has 1 aliphatic rings. The van der Waals surface area contributed by atoms with Crippen LogP contribution in [0.25, 0.3) is 5.82 Å². The number of rotatable bonds is 3. The third kappa shape index (κ3) is 2.18. The quantitative estimate of drug-likeness (QED) is 0.868. The monoisotopic (exact) mass is 297 g/mol. The van der Waals surface area contributed by atoms with Crippen molar-refractivity contribution < 1.29 is 4.79 Å². The molecule has 0 atom stereocenters. The Labute approximate surface area is 131 Å². The summed E-state index contributed by atoms with van der Waals surface area (Å²) in [6, 6.07) is 5.76.